The van der Waals surface area contributed by atoms with E-state index in [2.05, 4.69) is 69.8 Å². The molecule has 3 aromatic rings. The van der Waals surface area contributed by atoms with Crippen LogP contribution in [0.4, 0.5) is 11.8 Å². The first-order valence-corrected chi connectivity index (χ1v) is 9.73. The zero-order valence-corrected chi connectivity index (χ0v) is 15.9. The predicted octanol–water partition coefficient (Wildman–Crippen LogP) is 4.39. The van der Waals surface area contributed by atoms with Crippen molar-refractivity contribution >= 4 is 11.8 Å². The first kappa shape index (κ1) is 17.5. The highest BCUT2D eigenvalue weighted by Gasteiger charge is 2.18. The van der Waals surface area contributed by atoms with Gasteiger partial charge in [-0.25, -0.2) is 4.98 Å². The van der Waals surface area contributed by atoms with Gasteiger partial charge in [0, 0.05) is 31.4 Å². The molecule has 0 saturated heterocycles. The maximum absolute atomic E-state index is 4.78. The average Bonchev–Trinajstić information content (AvgIpc) is 2.71. The lowest BCUT2D eigenvalue weighted by Crippen LogP contribution is -2.32. The fraction of sp³-hybridized carbons (Fsp3) is 0.304. The minimum absolute atomic E-state index is 0.829. The first-order valence-electron chi connectivity index (χ1n) is 9.73. The number of aromatic nitrogens is 2. The van der Waals surface area contributed by atoms with Crippen LogP contribution in [0.2, 0.25) is 0 Å². The third-order valence-electron chi connectivity index (χ3n) is 5.05. The second kappa shape index (κ2) is 8.21. The van der Waals surface area contributed by atoms with E-state index in [1.54, 1.807) is 0 Å². The maximum atomic E-state index is 4.78. The van der Waals surface area contributed by atoms with Gasteiger partial charge in [-0.15, -0.1) is 0 Å². The van der Waals surface area contributed by atoms with Crippen LogP contribution in [0.15, 0.2) is 60.7 Å². The van der Waals surface area contributed by atoms with E-state index < -0.39 is 0 Å². The van der Waals surface area contributed by atoms with Gasteiger partial charge in [0.25, 0.3) is 0 Å². The van der Waals surface area contributed by atoms with Crippen molar-refractivity contribution in [3.63, 3.8) is 0 Å². The molecule has 138 valence electrons. The molecule has 0 bridgehead atoms. The molecule has 0 saturated carbocycles. The van der Waals surface area contributed by atoms with Crippen molar-refractivity contribution in [3.05, 3.63) is 83.0 Å². The van der Waals surface area contributed by atoms with Gasteiger partial charge in [0.2, 0.25) is 5.95 Å². The Bertz CT molecular complexity index is 892. The summed E-state index contributed by atoms with van der Waals surface area (Å²) in [5.74, 6) is 1.75. The molecule has 0 amide bonds. The van der Waals surface area contributed by atoms with Crippen molar-refractivity contribution in [2.75, 3.05) is 23.3 Å². The second-order valence-corrected chi connectivity index (χ2v) is 7.15. The van der Waals surface area contributed by atoms with E-state index in [4.69, 9.17) is 4.98 Å². The third kappa shape index (κ3) is 4.45. The highest BCUT2D eigenvalue weighted by atomic mass is 15.3. The monoisotopic (exact) mass is 358 g/mol. The van der Waals surface area contributed by atoms with Gasteiger partial charge in [0.05, 0.1) is 0 Å². The summed E-state index contributed by atoms with van der Waals surface area (Å²) in [6, 6.07) is 21.3. The third-order valence-corrected chi connectivity index (χ3v) is 5.05. The highest BCUT2D eigenvalue weighted by molar-refractivity contribution is 5.46. The molecular formula is C23H26N4. The average molecular weight is 358 g/mol. The van der Waals surface area contributed by atoms with E-state index in [0.29, 0.717) is 0 Å². The summed E-state index contributed by atoms with van der Waals surface area (Å²) in [4.78, 5) is 11.7. The number of hydrogen-bond donors (Lipinski definition) is 1. The molecule has 1 aromatic heterocycles. The van der Waals surface area contributed by atoms with Crippen LogP contribution in [0.1, 0.15) is 28.8 Å². The molecule has 2 heterocycles. The molecule has 2 aromatic carbocycles. The summed E-state index contributed by atoms with van der Waals surface area (Å²) in [6.07, 6.45) is 3.21. The molecule has 0 aliphatic carbocycles. The van der Waals surface area contributed by atoms with Crippen molar-refractivity contribution in [1.29, 1.82) is 0 Å². The lowest BCUT2D eigenvalue weighted by Gasteiger charge is -2.29. The Morgan fingerprint density at radius 2 is 1.74 bits per heavy atom. The van der Waals surface area contributed by atoms with Crippen molar-refractivity contribution < 1.29 is 0 Å². The summed E-state index contributed by atoms with van der Waals surface area (Å²) < 4.78 is 0. The fourth-order valence-corrected chi connectivity index (χ4v) is 3.60. The van der Waals surface area contributed by atoms with Crippen LogP contribution in [-0.2, 0) is 19.4 Å². The zero-order chi connectivity index (χ0) is 18.5. The summed E-state index contributed by atoms with van der Waals surface area (Å²) in [5, 5.41) is 3.48. The summed E-state index contributed by atoms with van der Waals surface area (Å²) in [5.41, 5.74) is 5.21. The Labute approximate surface area is 161 Å². The number of hydrogen-bond acceptors (Lipinski definition) is 4. The van der Waals surface area contributed by atoms with Crippen molar-refractivity contribution in [3.8, 4) is 0 Å². The zero-order valence-electron chi connectivity index (χ0n) is 15.9. The van der Waals surface area contributed by atoms with Crippen LogP contribution >= 0.6 is 0 Å². The summed E-state index contributed by atoms with van der Waals surface area (Å²) in [7, 11) is 0. The van der Waals surface area contributed by atoms with Gasteiger partial charge in [-0.1, -0.05) is 54.6 Å². The van der Waals surface area contributed by atoms with Gasteiger partial charge in [0.1, 0.15) is 5.82 Å². The molecule has 0 atom stereocenters. The molecule has 1 aliphatic rings. The normalized spacial score (nSPS) is 13.3. The predicted molar refractivity (Wildman–Crippen MR) is 111 cm³/mol. The Hall–Kier alpha value is -2.88. The van der Waals surface area contributed by atoms with Crippen molar-refractivity contribution in [1.82, 2.24) is 9.97 Å². The van der Waals surface area contributed by atoms with Crippen LogP contribution in [0.5, 0.6) is 0 Å². The Morgan fingerprint density at radius 1 is 0.963 bits per heavy atom. The smallest absolute Gasteiger partial charge is 0.227 e. The van der Waals surface area contributed by atoms with Crippen molar-refractivity contribution in [2.45, 2.75) is 32.7 Å². The Morgan fingerprint density at radius 3 is 2.59 bits per heavy atom. The largest absolute Gasteiger partial charge is 0.370 e. The number of aryl methyl sites for hydroxylation is 2. The summed E-state index contributed by atoms with van der Waals surface area (Å²) >= 11 is 0. The molecule has 27 heavy (non-hydrogen) atoms. The van der Waals surface area contributed by atoms with Gasteiger partial charge >= 0.3 is 0 Å². The van der Waals surface area contributed by atoms with Gasteiger partial charge in [0.15, 0.2) is 0 Å². The van der Waals surface area contributed by atoms with Crippen LogP contribution in [0.3, 0.4) is 0 Å². The molecule has 0 fully saturated rings. The standard InChI is InChI=1S/C23H26N4/c1-18-16-22(24-14-7-10-19-8-3-2-4-9-19)26-23(25-18)27-15-13-20-11-5-6-12-21(20)17-27/h2-6,8-9,11-12,16H,7,10,13-15,17H2,1H3,(H,24,25,26). The number of nitrogens with one attached hydrogen (secondary N) is 1. The van der Waals surface area contributed by atoms with Crippen LogP contribution in [0.25, 0.3) is 0 Å². The minimum atomic E-state index is 0.829. The molecule has 4 rings (SSSR count). The van der Waals surface area contributed by atoms with Gasteiger partial charge in [-0.3, -0.25) is 0 Å². The number of nitrogens with zero attached hydrogens (tertiary/aromatic N) is 3. The molecule has 1 N–H and O–H groups in total. The quantitative estimate of drug-likeness (QED) is 0.664. The Balaban J connectivity index is 1.38. The Kier molecular flexibility index (Phi) is 5.33. The van der Waals surface area contributed by atoms with Gasteiger partial charge in [-0.2, -0.15) is 4.98 Å². The van der Waals surface area contributed by atoms with E-state index >= 15 is 0 Å². The van der Waals surface area contributed by atoms with Crippen LogP contribution in [-0.4, -0.2) is 23.1 Å². The van der Waals surface area contributed by atoms with E-state index in [0.717, 1.165) is 56.4 Å². The highest BCUT2D eigenvalue weighted by Crippen LogP contribution is 2.23. The second-order valence-electron chi connectivity index (χ2n) is 7.15. The molecule has 4 heteroatoms. The number of fused-ring (bicyclic) bond motifs is 1. The van der Waals surface area contributed by atoms with E-state index in [1.165, 1.54) is 16.7 Å². The lowest BCUT2D eigenvalue weighted by atomic mass is 10.0. The molecule has 0 unspecified atom stereocenters. The fourth-order valence-electron chi connectivity index (χ4n) is 3.60. The maximum Gasteiger partial charge on any atom is 0.227 e. The van der Waals surface area contributed by atoms with Crippen molar-refractivity contribution in [2.24, 2.45) is 0 Å². The van der Waals surface area contributed by atoms with E-state index in [-0.39, 0.29) is 0 Å². The number of anilines is 2. The molecule has 1 aliphatic heterocycles. The SMILES string of the molecule is Cc1cc(NCCCc2ccccc2)nc(N2CCc3ccccc3C2)n1. The molecular weight excluding hydrogens is 332 g/mol. The first-order chi connectivity index (χ1) is 13.3. The van der Waals surface area contributed by atoms with E-state index in [9.17, 15) is 0 Å². The van der Waals surface area contributed by atoms with Crippen LogP contribution < -0.4 is 10.2 Å². The van der Waals surface area contributed by atoms with Gasteiger partial charge < -0.3 is 10.2 Å². The molecule has 0 radical (unpaired) electrons. The van der Waals surface area contributed by atoms with Crippen LogP contribution in [0, 0.1) is 6.92 Å². The minimum Gasteiger partial charge on any atom is -0.370 e. The number of rotatable bonds is 6. The molecule has 0 spiro atoms. The topological polar surface area (TPSA) is 41.1 Å². The summed E-state index contributed by atoms with van der Waals surface area (Å²) in [6.45, 7) is 4.80. The molecule has 4 nitrogen and oxygen atoms in total. The van der Waals surface area contributed by atoms with Gasteiger partial charge in [-0.05, 0) is 42.9 Å². The van der Waals surface area contributed by atoms with E-state index in [1.807, 2.05) is 13.0 Å². The number of benzene rings is 2. The lowest BCUT2D eigenvalue weighted by molar-refractivity contribution is 0.705.